The fourth-order valence-corrected chi connectivity index (χ4v) is 4.34. The zero-order valence-electron chi connectivity index (χ0n) is 26.8. The van der Waals surface area contributed by atoms with Crippen LogP contribution in [0.15, 0.2) is 48.5 Å². The van der Waals surface area contributed by atoms with Crippen molar-refractivity contribution in [3.8, 4) is 5.75 Å². The molecule has 0 fully saturated rings. The quantitative estimate of drug-likeness (QED) is 0.0890. The van der Waals surface area contributed by atoms with Gasteiger partial charge in [-0.1, -0.05) is 63.3 Å². The monoisotopic (exact) mass is 622 g/mol. The number of carbonyl (C=O) groups excluding carboxylic acids is 1. The number of hydrogen-bond donors (Lipinski definition) is 5. The average Bonchev–Trinajstić information content (AvgIpc) is 3.07. The van der Waals surface area contributed by atoms with E-state index in [9.17, 15) is 4.79 Å². The molecule has 246 valence electrons. The van der Waals surface area contributed by atoms with Crippen LogP contribution in [0.4, 0.5) is 17.8 Å². The number of nitrogens with zero attached hydrogens (tertiary/aromatic N) is 3. The molecule has 3 rings (SSSR count). The minimum atomic E-state index is -0.149. The first-order chi connectivity index (χ1) is 22.1. The second-order valence-corrected chi connectivity index (χ2v) is 10.5. The summed E-state index contributed by atoms with van der Waals surface area (Å²) in [5, 5.41) is 12.8. The Hall–Kier alpha value is -4.00. The van der Waals surface area contributed by atoms with E-state index in [2.05, 4.69) is 43.1 Å². The molecule has 0 unspecified atom stereocenters. The largest absolute Gasteiger partial charge is 0.497 e. The summed E-state index contributed by atoms with van der Waals surface area (Å²) in [5.74, 6) is 2.13. The zero-order chi connectivity index (χ0) is 32.0. The van der Waals surface area contributed by atoms with Crippen LogP contribution in [0.25, 0.3) is 0 Å². The molecule has 45 heavy (non-hydrogen) atoms. The van der Waals surface area contributed by atoms with Gasteiger partial charge in [-0.2, -0.15) is 15.0 Å². The van der Waals surface area contributed by atoms with Gasteiger partial charge in [-0.3, -0.25) is 4.79 Å². The van der Waals surface area contributed by atoms with Gasteiger partial charge in [-0.25, -0.2) is 0 Å². The van der Waals surface area contributed by atoms with Crippen molar-refractivity contribution in [2.24, 2.45) is 5.73 Å². The standard InChI is InChI=1S/C33H50N8O4/c1-3-4-5-6-7-8-18-36-31-39-32(41-33(40-31)38-25-27-11-15-29(43-2)16-12-27)37-24-26-9-13-28(14-10-26)30(42)35-19-21-45-23-22-44-20-17-34/h9-16H,3-8,17-25,34H2,1-2H3,(H,35,42)(H3,36,37,38,39,40,41). The van der Waals surface area contributed by atoms with Crippen LogP contribution in [0, 0.1) is 0 Å². The Morgan fingerprint density at radius 1 is 0.689 bits per heavy atom. The molecule has 1 aromatic heterocycles. The lowest BCUT2D eigenvalue weighted by Gasteiger charge is -2.12. The predicted molar refractivity (Wildman–Crippen MR) is 179 cm³/mol. The predicted octanol–water partition coefficient (Wildman–Crippen LogP) is 4.60. The van der Waals surface area contributed by atoms with Gasteiger partial charge in [0.1, 0.15) is 5.75 Å². The molecule has 0 radical (unpaired) electrons. The summed E-state index contributed by atoms with van der Waals surface area (Å²) >= 11 is 0. The van der Waals surface area contributed by atoms with Gasteiger partial charge in [0.15, 0.2) is 0 Å². The third-order valence-electron chi connectivity index (χ3n) is 6.89. The molecule has 0 aliphatic heterocycles. The Balaban J connectivity index is 1.51. The van der Waals surface area contributed by atoms with Crippen molar-refractivity contribution >= 4 is 23.8 Å². The van der Waals surface area contributed by atoms with Crippen LogP contribution in [0.1, 0.15) is 66.9 Å². The van der Waals surface area contributed by atoms with Crippen LogP contribution in [0.3, 0.4) is 0 Å². The average molecular weight is 623 g/mol. The summed E-state index contributed by atoms with van der Waals surface area (Å²) < 4.78 is 16.0. The Kier molecular flexibility index (Phi) is 17.1. The molecular weight excluding hydrogens is 572 g/mol. The maximum atomic E-state index is 12.5. The van der Waals surface area contributed by atoms with Gasteiger partial charge in [0, 0.05) is 38.3 Å². The molecule has 6 N–H and O–H groups in total. The first-order valence-corrected chi connectivity index (χ1v) is 15.9. The lowest BCUT2D eigenvalue weighted by molar-refractivity contribution is 0.0511. The highest BCUT2D eigenvalue weighted by Crippen LogP contribution is 2.15. The number of hydrogen-bond acceptors (Lipinski definition) is 11. The number of nitrogens with one attached hydrogen (secondary N) is 4. The molecular formula is C33H50N8O4. The molecule has 0 saturated heterocycles. The Morgan fingerprint density at radius 3 is 1.84 bits per heavy atom. The summed E-state index contributed by atoms with van der Waals surface area (Å²) in [6.07, 6.45) is 7.30. The van der Waals surface area contributed by atoms with E-state index in [1.54, 1.807) is 19.2 Å². The SMILES string of the molecule is CCCCCCCCNc1nc(NCc2ccc(OC)cc2)nc(NCc2ccc(C(=O)NCCOCCOCCN)cc2)n1. The first-order valence-electron chi connectivity index (χ1n) is 15.9. The van der Waals surface area contributed by atoms with Gasteiger partial charge in [0.05, 0.1) is 33.5 Å². The molecule has 0 aliphatic rings. The normalized spacial score (nSPS) is 10.8. The number of benzene rings is 2. The van der Waals surface area contributed by atoms with E-state index < -0.39 is 0 Å². The van der Waals surface area contributed by atoms with Crippen molar-refractivity contribution in [1.82, 2.24) is 20.3 Å². The summed E-state index contributed by atoms with van der Waals surface area (Å²) in [6.45, 7) is 6.87. The number of aromatic nitrogens is 3. The lowest BCUT2D eigenvalue weighted by Crippen LogP contribution is -2.27. The van der Waals surface area contributed by atoms with Crippen molar-refractivity contribution in [2.45, 2.75) is 58.5 Å². The number of methoxy groups -OCH3 is 1. The van der Waals surface area contributed by atoms with E-state index in [0.717, 1.165) is 29.8 Å². The van der Waals surface area contributed by atoms with Gasteiger partial charge in [0.25, 0.3) is 5.91 Å². The number of carbonyl (C=O) groups is 1. The highest BCUT2D eigenvalue weighted by Gasteiger charge is 2.09. The van der Waals surface area contributed by atoms with Crippen molar-refractivity contribution in [1.29, 1.82) is 0 Å². The fourth-order valence-electron chi connectivity index (χ4n) is 4.34. The van der Waals surface area contributed by atoms with Gasteiger partial charge in [-0.05, 0) is 41.8 Å². The maximum Gasteiger partial charge on any atom is 0.251 e. The highest BCUT2D eigenvalue weighted by atomic mass is 16.5. The molecule has 1 amide bonds. The number of nitrogens with two attached hydrogens (primary N) is 1. The van der Waals surface area contributed by atoms with Crippen molar-refractivity contribution in [2.75, 3.05) is 69.1 Å². The minimum Gasteiger partial charge on any atom is -0.497 e. The summed E-state index contributed by atoms with van der Waals surface area (Å²) in [5.41, 5.74) is 8.03. The van der Waals surface area contributed by atoms with Crippen LogP contribution >= 0.6 is 0 Å². The number of amides is 1. The molecule has 0 atom stereocenters. The van der Waals surface area contributed by atoms with Gasteiger partial charge < -0.3 is 41.2 Å². The first kappa shape index (κ1) is 35.5. The lowest BCUT2D eigenvalue weighted by atomic mass is 10.1. The molecule has 0 aliphatic carbocycles. The molecule has 2 aromatic carbocycles. The number of unbranched alkanes of at least 4 members (excludes halogenated alkanes) is 5. The molecule has 3 aromatic rings. The maximum absolute atomic E-state index is 12.5. The van der Waals surface area contributed by atoms with Crippen molar-refractivity contribution < 1.29 is 19.0 Å². The van der Waals surface area contributed by atoms with E-state index in [1.807, 2.05) is 36.4 Å². The highest BCUT2D eigenvalue weighted by molar-refractivity contribution is 5.94. The smallest absolute Gasteiger partial charge is 0.251 e. The van der Waals surface area contributed by atoms with Crippen LogP contribution in [0.2, 0.25) is 0 Å². The second-order valence-electron chi connectivity index (χ2n) is 10.5. The van der Waals surface area contributed by atoms with Gasteiger partial charge in [-0.15, -0.1) is 0 Å². The van der Waals surface area contributed by atoms with Crippen LogP contribution < -0.4 is 31.7 Å². The number of anilines is 3. The van der Waals surface area contributed by atoms with E-state index in [4.69, 9.17) is 19.9 Å². The Morgan fingerprint density at radius 2 is 1.24 bits per heavy atom. The molecule has 1 heterocycles. The van der Waals surface area contributed by atoms with E-state index in [0.29, 0.717) is 76.0 Å². The van der Waals surface area contributed by atoms with Gasteiger partial charge >= 0.3 is 0 Å². The van der Waals surface area contributed by atoms with Crippen molar-refractivity contribution in [3.05, 3.63) is 65.2 Å². The van der Waals surface area contributed by atoms with Gasteiger partial charge in [0.2, 0.25) is 17.8 Å². The summed E-state index contributed by atoms with van der Waals surface area (Å²) in [6, 6.07) is 15.3. The van der Waals surface area contributed by atoms with E-state index >= 15 is 0 Å². The second kappa shape index (κ2) is 21.7. The van der Waals surface area contributed by atoms with E-state index in [1.165, 1.54) is 32.1 Å². The molecule has 12 nitrogen and oxygen atoms in total. The van der Waals surface area contributed by atoms with E-state index in [-0.39, 0.29) is 5.91 Å². The number of ether oxygens (including phenoxy) is 3. The van der Waals surface area contributed by atoms with Crippen LogP contribution in [0.5, 0.6) is 5.75 Å². The van der Waals surface area contributed by atoms with Crippen LogP contribution in [-0.4, -0.2) is 74.0 Å². The fraction of sp³-hybridized carbons (Fsp3) is 0.515. The third kappa shape index (κ3) is 14.6. The third-order valence-corrected chi connectivity index (χ3v) is 6.89. The molecule has 0 saturated carbocycles. The molecule has 0 spiro atoms. The topological polar surface area (TPSA) is 158 Å². The number of rotatable bonds is 24. The Bertz CT molecular complexity index is 1230. The van der Waals surface area contributed by atoms with Crippen LogP contribution in [-0.2, 0) is 22.6 Å². The summed E-state index contributed by atoms with van der Waals surface area (Å²) in [4.78, 5) is 26.3. The minimum absolute atomic E-state index is 0.149. The zero-order valence-corrected chi connectivity index (χ0v) is 26.8. The molecule has 12 heteroatoms. The van der Waals surface area contributed by atoms with Crippen molar-refractivity contribution in [3.63, 3.8) is 0 Å². The Labute approximate surface area is 267 Å². The summed E-state index contributed by atoms with van der Waals surface area (Å²) in [7, 11) is 1.65. The molecule has 0 bridgehead atoms.